The molecule has 0 radical (unpaired) electrons. The summed E-state index contributed by atoms with van der Waals surface area (Å²) >= 11 is 0. The van der Waals surface area contributed by atoms with E-state index in [1.807, 2.05) is 31.2 Å². The van der Waals surface area contributed by atoms with Gasteiger partial charge in [0.2, 0.25) is 0 Å². The Kier molecular flexibility index (Phi) is 5.05. The Morgan fingerprint density at radius 3 is 2.40 bits per heavy atom. The molecule has 0 N–H and O–H groups in total. The molecule has 0 amide bonds. The van der Waals surface area contributed by atoms with Gasteiger partial charge in [-0.05, 0) is 18.9 Å². The summed E-state index contributed by atoms with van der Waals surface area (Å²) in [5.41, 5.74) is 2.02. The number of aryl methyl sites for hydroxylation is 1. The van der Waals surface area contributed by atoms with Crippen LogP contribution in [-0.2, 0) is 11.2 Å². The first-order valence-corrected chi connectivity index (χ1v) is 5.47. The van der Waals surface area contributed by atoms with Gasteiger partial charge in [0.1, 0.15) is 6.61 Å². The van der Waals surface area contributed by atoms with E-state index in [0.29, 0.717) is 6.61 Å². The number of carbonyl (C=O) groups is 1. The molecule has 1 aromatic carbocycles. The fraction of sp³-hybridized carbons (Fsp3) is 0.462. The van der Waals surface area contributed by atoms with Gasteiger partial charge < -0.3 is 4.74 Å². The summed E-state index contributed by atoms with van der Waals surface area (Å²) in [7, 11) is 0. The summed E-state index contributed by atoms with van der Waals surface area (Å²) in [4.78, 5) is 11.5. The summed E-state index contributed by atoms with van der Waals surface area (Å²) < 4.78 is 5.08. The van der Waals surface area contributed by atoms with Crippen molar-refractivity contribution >= 4 is 5.78 Å². The van der Waals surface area contributed by atoms with Crippen molar-refractivity contribution in [1.82, 2.24) is 0 Å². The molecule has 0 spiro atoms. The zero-order chi connectivity index (χ0) is 11.1. The Morgan fingerprint density at radius 1 is 1.20 bits per heavy atom. The molecule has 0 aromatic heterocycles. The van der Waals surface area contributed by atoms with Crippen molar-refractivity contribution < 1.29 is 9.53 Å². The van der Waals surface area contributed by atoms with Gasteiger partial charge in [-0.15, -0.1) is 0 Å². The highest BCUT2D eigenvalue weighted by Crippen LogP contribution is 2.07. The first kappa shape index (κ1) is 11.9. The zero-order valence-corrected chi connectivity index (χ0v) is 9.45. The topological polar surface area (TPSA) is 26.3 Å². The van der Waals surface area contributed by atoms with E-state index < -0.39 is 0 Å². The second-order valence-corrected chi connectivity index (χ2v) is 3.51. The Morgan fingerprint density at radius 2 is 1.87 bits per heavy atom. The number of carbonyl (C=O) groups excluding carboxylic acids is 1. The molecule has 0 aliphatic carbocycles. The highest BCUT2D eigenvalue weighted by atomic mass is 16.5. The fourth-order valence-electron chi connectivity index (χ4n) is 1.42. The number of ether oxygens (including phenoxy) is 1. The smallest absolute Gasteiger partial charge is 0.188 e. The lowest BCUT2D eigenvalue weighted by molar-refractivity contribution is 0.0783. The predicted molar refractivity (Wildman–Crippen MR) is 61.3 cm³/mol. The minimum atomic E-state index is 0.0555. The first-order chi connectivity index (χ1) is 7.27. The maximum Gasteiger partial charge on any atom is 0.188 e. The van der Waals surface area contributed by atoms with Gasteiger partial charge in [-0.2, -0.15) is 0 Å². The molecule has 82 valence electrons. The summed E-state index contributed by atoms with van der Waals surface area (Å²) in [6.07, 6.45) is 2.20. The van der Waals surface area contributed by atoms with Crippen LogP contribution < -0.4 is 0 Å². The molecule has 15 heavy (non-hydrogen) atoms. The highest BCUT2D eigenvalue weighted by Gasteiger charge is 2.04. The molecule has 2 nitrogen and oxygen atoms in total. The van der Waals surface area contributed by atoms with E-state index >= 15 is 0 Å². The minimum absolute atomic E-state index is 0.0555. The Balaban J connectivity index is 2.58. The standard InChI is InChI=1S/C13H18O2/c1-3-5-11-6-8-12(9-7-11)13(14)10-15-4-2/h6-9H,3-5,10H2,1-2H3. The largest absolute Gasteiger partial charge is 0.374 e. The summed E-state index contributed by atoms with van der Waals surface area (Å²) in [6.45, 7) is 4.80. The van der Waals surface area contributed by atoms with Crippen LogP contribution in [0, 0.1) is 0 Å². The maximum absolute atomic E-state index is 11.5. The number of hydrogen-bond acceptors (Lipinski definition) is 2. The average Bonchev–Trinajstić information content (AvgIpc) is 2.27. The van der Waals surface area contributed by atoms with Crippen molar-refractivity contribution in [2.75, 3.05) is 13.2 Å². The molecule has 0 unspecified atom stereocenters. The van der Waals surface area contributed by atoms with E-state index in [1.54, 1.807) is 0 Å². The molecule has 0 saturated carbocycles. The van der Waals surface area contributed by atoms with Crippen LogP contribution in [0.1, 0.15) is 36.2 Å². The van der Waals surface area contributed by atoms with Crippen LogP contribution in [0.25, 0.3) is 0 Å². The molecule has 0 bridgehead atoms. The summed E-state index contributed by atoms with van der Waals surface area (Å²) in [5.74, 6) is 0.0555. The molecular weight excluding hydrogens is 188 g/mol. The predicted octanol–water partition coefficient (Wildman–Crippen LogP) is 2.86. The third-order valence-electron chi connectivity index (χ3n) is 2.25. The molecule has 0 saturated heterocycles. The number of hydrogen-bond donors (Lipinski definition) is 0. The Bertz CT molecular complexity index is 301. The monoisotopic (exact) mass is 206 g/mol. The SMILES string of the molecule is CCCc1ccc(C(=O)COCC)cc1. The van der Waals surface area contributed by atoms with Gasteiger partial charge in [0.25, 0.3) is 0 Å². The molecule has 1 aromatic rings. The van der Waals surface area contributed by atoms with E-state index in [4.69, 9.17) is 4.74 Å². The van der Waals surface area contributed by atoms with Crippen LogP contribution >= 0.6 is 0 Å². The van der Waals surface area contributed by atoms with Gasteiger partial charge in [0.05, 0.1) is 0 Å². The average molecular weight is 206 g/mol. The van der Waals surface area contributed by atoms with Crippen molar-refractivity contribution in [3.63, 3.8) is 0 Å². The van der Waals surface area contributed by atoms with E-state index in [0.717, 1.165) is 18.4 Å². The molecule has 0 aliphatic rings. The van der Waals surface area contributed by atoms with Crippen molar-refractivity contribution in [3.05, 3.63) is 35.4 Å². The summed E-state index contributed by atoms with van der Waals surface area (Å²) in [5, 5.41) is 0. The first-order valence-electron chi connectivity index (χ1n) is 5.47. The Labute approximate surface area is 91.3 Å². The van der Waals surface area contributed by atoms with E-state index in [-0.39, 0.29) is 12.4 Å². The fourth-order valence-corrected chi connectivity index (χ4v) is 1.42. The lowest BCUT2D eigenvalue weighted by Gasteiger charge is -2.03. The number of Topliss-reactive ketones (excluding diaryl/α,β-unsaturated/α-hetero) is 1. The molecule has 1 rings (SSSR count). The van der Waals surface area contributed by atoms with Crippen LogP contribution in [0.4, 0.5) is 0 Å². The van der Waals surface area contributed by atoms with Gasteiger partial charge in [0, 0.05) is 12.2 Å². The molecule has 0 fully saturated rings. The maximum atomic E-state index is 11.5. The van der Waals surface area contributed by atoms with Gasteiger partial charge in [0.15, 0.2) is 5.78 Å². The van der Waals surface area contributed by atoms with Crippen LogP contribution in [0.2, 0.25) is 0 Å². The van der Waals surface area contributed by atoms with Gasteiger partial charge in [-0.25, -0.2) is 0 Å². The van der Waals surface area contributed by atoms with Gasteiger partial charge in [-0.3, -0.25) is 4.79 Å². The molecular formula is C13H18O2. The minimum Gasteiger partial charge on any atom is -0.374 e. The lowest BCUT2D eigenvalue weighted by Crippen LogP contribution is -2.08. The second-order valence-electron chi connectivity index (χ2n) is 3.51. The third kappa shape index (κ3) is 3.84. The van der Waals surface area contributed by atoms with Crippen LogP contribution in [0.3, 0.4) is 0 Å². The van der Waals surface area contributed by atoms with E-state index in [9.17, 15) is 4.79 Å². The van der Waals surface area contributed by atoms with Crippen LogP contribution in [0.15, 0.2) is 24.3 Å². The quantitative estimate of drug-likeness (QED) is 0.669. The summed E-state index contributed by atoms with van der Waals surface area (Å²) in [6, 6.07) is 7.80. The van der Waals surface area contributed by atoms with Gasteiger partial charge in [-0.1, -0.05) is 37.6 Å². The van der Waals surface area contributed by atoms with E-state index in [2.05, 4.69) is 6.92 Å². The lowest BCUT2D eigenvalue weighted by atomic mass is 10.1. The second kappa shape index (κ2) is 6.36. The normalized spacial score (nSPS) is 10.3. The molecule has 2 heteroatoms. The van der Waals surface area contributed by atoms with Crippen molar-refractivity contribution in [1.29, 1.82) is 0 Å². The molecule has 0 heterocycles. The number of benzene rings is 1. The van der Waals surface area contributed by atoms with E-state index in [1.165, 1.54) is 5.56 Å². The zero-order valence-electron chi connectivity index (χ0n) is 9.45. The number of rotatable bonds is 6. The van der Waals surface area contributed by atoms with Crippen molar-refractivity contribution in [2.45, 2.75) is 26.7 Å². The third-order valence-corrected chi connectivity index (χ3v) is 2.25. The van der Waals surface area contributed by atoms with Crippen molar-refractivity contribution in [2.24, 2.45) is 0 Å². The highest BCUT2D eigenvalue weighted by molar-refractivity contribution is 5.97. The molecule has 0 aliphatic heterocycles. The number of ketones is 1. The van der Waals surface area contributed by atoms with Crippen LogP contribution in [0.5, 0.6) is 0 Å². The van der Waals surface area contributed by atoms with Crippen LogP contribution in [-0.4, -0.2) is 19.0 Å². The van der Waals surface area contributed by atoms with Crippen molar-refractivity contribution in [3.8, 4) is 0 Å². The van der Waals surface area contributed by atoms with Gasteiger partial charge >= 0.3 is 0 Å². The Hall–Kier alpha value is -1.15. The molecule has 0 atom stereocenters.